The smallest absolute Gasteiger partial charge is 0.249 e. The summed E-state index contributed by atoms with van der Waals surface area (Å²) in [5, 5.41) is 3.49. The maximum atomic E-state index is 12.1. The third-order valence-electron chi connectivity index (χ3n) is 2.22. The summed E-state index contributed by atoms with van der Waals surface area (Å²) in [6.45, 7) is 1.21. The quantitative estimate of drug-likeness (QED) is 0.708. The zero-order valence-electron chi connectivity index (χ0n) is 10.6. The largest absolute Gasteiger partial charge is 0.385 e. The van der Waals surface area contributed by atoms with Gasteiger partial charge in [-0.05, 0) is 18.0 Å². The Hall–Kier alpha value is -0.900. The zero-order valence-corrected chi connectivity index (χ0v) is 12.3. The van der Waals surface area contributed by atoms with Crippen molar-refractivity contribution in [3.63, 3.8) is 0 Å². The Kier molecular flexibility index (Phi) is 5.32. The fourth-order valence-corrected chi connectivity index (χ4v) is 3.36. The predicted octanol–water partition coefficient (Wildman–Crippen LogP) is 0.424. The van der Waals surface area contributed by atoms with Crippen molar-refractivity contribution in [2.75, 3.05) is 45.4 Å². The summed E-state index contributed by atoms with van der Waals surface area (Å²) >= 11 is 1.05. The van der Waals surface area contributed by atoms with Crippen molar-refractivity contribution < 1.29 is 13.2 Å². The Morgan fingerprint density at radius 2 is 2.17 bits per heavy atom. The number of nitrogens with two attached hydrogens (primary N) is 1. The van der Waals surface area contributed by atoms with Crippen LogP contribution in [0.15, 0.2) is 4.90 Å². The first-order valence-electron chi connectivity index (χ1n) is 5.31. The molecule has 0 saturated carbocycles. The Bertz CT molecular complexity index is 484. The standard InChI is InChI=1S/C9H18N4O3S2/c1-13(2)18(14,15)7-8(10)12-17-9(7)11-5-4-6-16-3/h11H,4-6H2,1-3H3,(H2,10,12). The second kappa shape index (κ2) is 6.32. The topological polar surface area (TPSA) is 97.5 Å². The van der Waals surface area contributed by atoms with Crippen molar-refractivity contribution >= 4 is 32.4 Å². The van der Waals surface area contributed by atoms with Gasteiger partial charge in [0.1, 0.15) is 5.00 Å². The van der Waals surface area contributed by atoms with Crippen LogP contribution in [0.25, 0.3) is 0 Å². The minimum atomic E-state index is -3.58. The molecule has 0 fully saturated rings. The van der Waals surface area contributed by atoms with E-state index in [-0.39, 0.29) is 10.7 Å². The van der Waals surface area contributed by atoms with Gasteiger partial charge in [-0.2, -0.15) is 4.37 Å². The molecule has 18 heavy (non-hydrogen) atoms. The van der Waals surface area contributed by atoms with Crippen LogP contribution < -0.4 is 11.1 Å². The first kappa shape index (κ1) is 15.2. The molecule has 0 saturated heterocycles. The monoisotopic (exact) mass is 294 g/mol. The average molecular weight is 294 g/mol. The summed E-state index contributed by atoms with van der Waals surface area (Å²) in [6, 6.07) is 0. The molecular weight excluding hydrogens is 276 g/mol. The molecule has 0 aromatic carbocycles. The third kappa shape index (κ3) is 3.31. The van der Waals surface area contributed by atoms with E-state index in [1.807, 2.05) is 0 Å². The van der Waals surface area contributed by atoms with Crippen LogP contribution in [0.4, 0.5) is 10.8 Å². The van der Waals surface area contributed by atoms with Crippen molar-refractivity contribution in [3.8, 4) is 0 Å². The normalized spacial score (nSPS) is 12.0. The minimum Gasteiger partial charge on any atom is -0.385 e. The summed E-state index contributed by atoms with van der Waals surface area (Å²) in [7, 11) is 0.962. The van der Waals surface area contributed by atoms with Gasteiger partial charge in [0, 0.05) is 34.4 Å². The molecule has 0 radical (unpaired) electrons. The SMILES string of the molecule is COCCCNc1snc(N)c1S(=O)(=O)N(C)C. The van der Waals surface area contributed by atoms with E-state index in [9.17, 15) is 8.42 Å². The third-order valence-corrected chi connectivity index (χ3v) is 5.06. The van der Waals surface area contributed by atoms with E-state index in [0.29, 0.717) is 18.2 Å². The van der Waals surface area contributed by atoms with Crippen molar-refractivity contribution in [1.82, 2.24) is 8.68 Å². The van der Waals surface area contributed by atoms with Crippen LogP contribution >= 0.6 is 11.5 Å². The van der Waals surface area contributed by atoms with Gasteiger partial charge in [-0.3, -0.25) is 0 Å². The second-order valence-electron chi connectivity index (χ2n) is 3.79. The van der Waals surface area contributed by atoms with Gasteiger partial charge < -0.3 is 15.8 Å². The Morgan fingerprint density at radius 1 is 1.50 bits per heavy atom. The van der Waals surface area contributed by atoms with Crippen LogP contribution in [-0.4, -0.2) is 51.5 Å². The van der Waals surface area contributed by atoms with Gasteiger partial charge in [-0.15, -0.1) is 0 Å². The van der Waals surface area contributed by atoms with E-state index >= 15 is 0 Å². The first-order chi connectivity index (χ1) is 8.41. The lowest BCUT2D eigenvalue weighted by Gasteiger charge is -2.12. The molecule has 0 aliphatic rings. The predicted molar refractivity (Wildman–Crippen MR) is 72.4 cm³/mol. The highest BCUT2D eigenvalue weighted by Crippen LogP contribution is 2.32. The molecule has 1 rings (SSSR count). The van der Waals surface area contributed by atoms with Crippen LogP contribution in [0.2, 0.25) is 0 Å². The van der Waals surface area contributed by atoms with Crippen LogP contribution in [0, 0.1) is 0 Å². The maximum absolute atomic E-state index is 12.1. The van der Waals surface area contributed by atoms with E-state index in [0.717, 1.165) is 22.3 Å². The van der Waals surface area contributed by atoms with Crippen molar-refractivity contribution in [3.05, 3.63) is 0 Å². The van der Waals surface area contributed by atoms with Gasteiger partial charge in [0.15, 0.2) is 10.7 Å². The Morgan fingerprint density at radius 3 is 2.72 bits per heavy atom. The number of methoxy groups -OCH3 is 1. The summed E-state index contributed by atoms with van der Waals surface area (Å²) in [5.74, 6) is 0.0305. The number of sulfonamides is 1. The number of aromatic nitrogens is 1. The van der Waals surface area contributed by atoms with E-state index in [4.69, 9.17) is 10.5 Å². The highest BCUT2D eigenvalue weighted by atomic mass is 32.2. The zero-order chi connectivity index (χ0) is 13.8. The highest BCUT2D eigenvalue weighted by Gasteiger charge is 2.27. The van der Waals surface area contributed by atoms with Gasteiger partial charge in [0.25, 0.3) is 0 Å². The molecule has 3 N–H and O–H groups in total. The molecule has 104 valence electrons. The summed E-state index contributed by atoms with van der Waals surface area (Å²) in [6.07, 6.45) is 0.774. The van der Waals surface area contributed by atoms with E-state index in [1.54, 1.807) is 7.11 Å². The lowest BCUT2D eigenvalue weighted by Crippen LogP contribution is -2.23. The summed E-state index contributed by atoms with van der Waals surface area (Å²) < 4.78 is 34.1. The van der Waals surface area contributed by atoms with Gasteiger partial charge in [0.2, 0.25) is 10.0 Å². The Labute approximate surface area is 111 Å². The van der Waals surface area contributed by atoms with Crippen LogP contribution in [0.3, 0.4) is 0 Å². The molecule has 0 spiro atoms. The molecule has 1 aromatic heterocycles. The van der Waals surface area contributed by atoms with E-state index in [1.165, 1.54) is 14.1 Å². The van der Waals surface area contributed by atoms with Gasteiger partial charge in [0.05, 0.1) is 0 Å². The highest BCUT2D eigenvalue weighted by molar-refractivity contribution is 7.89. The van der Waals surface area contributed by atoms with E-state index < -0.39 is 10.0 Å². The molecule has 0 amide bonds. The fourth-order valence-electron chi connectivity index (χ4n) is 1.26. The molecule has 0 aliphatic carbocycles. The van der Waals surface area contributed by atoms with Gasteiger partial charge in [-0.1, -0.05) is 0 Å². The molecule has 1 heterocycles. The van der Waals surface area contributed by atoms with Crippen molar-refractivity contribution in [1.29, 1.82) is 0 Å². The van der Waals surface area contributed by atoms with Gasteiger partial charge in [-0.25, -0.2) is 12.7 Å². The number of hydrogen-bond donors (Lipinski definition) is 2. The minimum absolute atomic E-state index is 0.0305. The number of nitrogens with zero attached hydrogens (tertiary/aromatic N) is 2. The molecule has 1 aromatic rings. The van der Waals surface area contributed by atoms with Gasteiger partial charge >= 0.3 is 0 Å². The number of hydrogen-bond acceptors (Lipinski definition) is 7. The second-order valence-corrected chi connectivity index (χ2v) is 6.65. The molecule has 7 nitrogen and oxygen atoms in total. The summed E-state index contributed by atoms with van der Waals surface area (Å²) in [5.41, 5.74) is 5.62. The molecule has 0 bridgehead atoms. The molecule has 0 aliphatic heterocycles. The van der Waals surface area contributed by atoms with E-state index in [2.05, 4.69) is 9.69 Å². The number of nitrogens with one attached hydrogen (secondary N) is 1. The molecule has 0 unspecified atom stereocenters. The Balaban J connectivity index is 2.89. The molecule has 9 heteroatoms. The maximum Gasteiger partial charge on any atom is 0.249 e. The average Bonchev–Trinajstić information content (AvgIpc) is 2.66. The first-order valence-corrected chi connectivity index (χ1v) is 7.53. The molecule has 0 atom stereocenters. The lowest BCUT2D eigenvalue weighted by atomic mass is 10.4. The van der Waals surface area contributed by atoms with Crippen LogP contribution in [0.1, 0.15) is 6.42 Å². The summed E-state index contributed by atoms with van der Waals surface area (Å²) in [4.78, 5) is 0.0508. The fraction of sp³-hybridized carbons (Fsp3) is 0.667. The number of ether oxygens (including phenoxy) is 1. The number of nitrogen functional groups attached to an aromatic ring is 1. The number of anilines is 2. The molecular formula is C9H18N4O3S2. The van der Waals surface area contributed by atoms with Crippen molar-refractivity contribution in [2.24, 2.45) is 0 Å². The van der Waals surface area contributed by atoms with Crippen LogP contribution in [-0.2, 0) is 14.8 Å². The lowest BCUT2D eigenvalue weighted by molar-refractivity contribution is 0.198. The number of rotatable bonds is 7. The van der Waals surface area contributed by atoms with Crippen molar-refractivity contribution in [2.45, 2.75) is 11.3 Å². The van der Waals surface area contributed by atoms with Crippen LogP contribution in [0.5, 0.6) is 0 Å².